The van der Waals surface area contributed by atoms with E-state index in [1.807, 2.05) is 0 Å². The van der Waals surface area contributed by atoms with Crippen LogP contribution in [0.4, 0.5) is 8.78 Å². The summed E-state index contributed by atoms with van der Waals surface area (Å²) < 4.78 is 25.9. The number of carboxylic acid groups (broad SMARTS) is 1. The first kappa shape index (κ1) is 16.4. The van der Waals surface area contributed by atoms with Crippen molar-refractivity contribution >= 4 is 11.9 Å². The van der Waals surface area contributed by atoms with E-state index in [1.165, 1.54) is 11.0 Å². The summed E-state index contributed by atoms with van der Waals surface area (Å²) in [4.78, 5) is 24.7. The van der Waals surface area contributed by atoms with Crippen molar-refractivity contribution in [3.63, 3.8) is 0 Å². The summed E-state index contributed by atoms with van der Waals surface area (Å²) in [5.41, 5.74) is 0.625. The highest BCUT2D eigenvalue weighted by Crippen LogP contribution is 2.19. The van der Waals surface area contributed by atoms with Crippen LogP contribution in [0.25, 0.3) is 0 Å². The number of aliphatic carboxylic acids is 1. The molecule has 1 aromatic carbocycles. The van der Waals surface area contributed by atoms with Gasteiger partial charge in [-0.25, -0.2) is 13.6 Å². The van der Waals surface area contributed by atoms with Crippen molar-refractivity contribution in [2.24, 2.45) is 0 Å². The molecule has 120 valence electrons. The zero-order chi connectivity index (χ0) is 16.1. The van der Waals surface area contributed by atoms with Crippen molar-refractivity contribution in [2.75, 3.05) is 6.54 Å². The van der Waals surface area contributed by atoms with Crippen LogP contribution in [0.5, 0.6) is 0 Å². The molecule has 1 fully saturated rings. The molecule has 1 aromatic rings. The lowest BCUT2D eigenvalue weighted by Crippen LogP contribution is -2.47. The number of piperidine rings is 1. The molecule has 1 atom stereocenters. The van der Waals surface area contributed by atoms with Gasteiger partial charge in [0.1, 0.15) is 6.04 Å². The fourth-order valence-electron chi connectivity index (χ4n) is 2.77. The van der Waals surface area contributed by atoms with Crippen LogP contribution in [0.15, 0.2) is 18.2 Å². The van der Waals surface area contributed by atoms with Crippen LogP contribution >= 0.6 is 0 Å². The average molecular weight is 311 g/mol. The molecule has 1 amide bonds. The molecule has 0 unspecified atom stereocenters. The fraction of sp³-hybridized carbons (Fsp3) is 0.500. The van der Waals surface area contributed by atoms with Crippen LogP contribution in [0.2, 0.25) is 0 Å². The van der Waals surface area contributed by atoms with Crippen molar-refractivity contribution in [2.45, 2.75) is 44.6 Å². The molecule has 0 radical (unpaired) electrons. The number of hydrogen-bond acceptors (Lipinski definition) is 2. The van der Waals surface area contributed by atoms with Gasteiger partial charge in [0, 0.05) is 13.0 Å². The molecule has 0 bridgehead atoms. The highest BCUT2D eigenvalue weighted by Gasteiger charge is 2.31. The van der Waals surface area contributed by atoms with E-state index >= 15 is 0 Å². The highest BCUT2D eigenvalue weighted by atomic mass is 19.2. The minimum Gasteiger partial charge on any atom is -0.480 e. The quantitative estimate of drug-likeness (QED) is 0.909. The van der Waals surface area contributed by atoms with Gasteiger partial charge in [-0.05, 0) is 49.8 Å². The lowest BCUT2D eigenvalue weighted by molar-refractivity contribution is -0.152. The van der Waals surface area contributed by atoms with Crippen LogP contribution in [-0.4, -0.2) is 34.5 Å². The van der Waals surface area contributed by atoms with Gasteiger partial charge in [0.05, 0.1) is 0 Å². The Morgan fingerprint density at radius 2 is 2.00 bits per heavy atom. The van der Waals surface area contributed by atoms with E-state index in [0.29, 0.717) is 31.4 Å². The first-order valence-corrected chi connectivity index (χ1v) is 7.45. The van der Waals surface area contributed by atoms with Gasteiger partial charge in [-0.3, -0.25) is 4.79 Å². The lowest BCUT2D eigenvalue weighted by atomic mass is 10.0. The Bertz CT molecular complexity index is 562. The van der Waals surface area contributed by atoms with Crippen molar-refractivity contribution < 1.29 is 23.5 Å². The van der Waals surface area contributed by atoms with Crippen LogP contribution in [0.3, 0.4) is 0 Å². The second-order valence-electron chi connectivity index (χ2n) is 5.54. The number of halogens is 2. The number of carbonyl (C=O) groups excluding carboxylic acids is 1. The number of aryl methyl sites for hydroxylation is 1. The van der Waals surface area contributed by atoms with Gasteiger partial charge in [0.25, 0.3) is 0 Å². The Morgan fingerprint density at radius 1 is 1.23 bits per heavy atom. The topological polar surface area (TPSA) is 57.6 Å². The van der Waals surface area contributed by atoms with E-state index in [4.69, 9.17) is 5.11 Å². The van der Waals surface area contributed by atoms with E-state index in [0.717, 1.165) is 25.0 Å². The molecule has 4 nitrogen and oxygen atoms in total. The Kier molecular flexibility index (Phi) is 5.46. The third-order valence-corrected chi connectivity index (χ3v) is 3.95. The number of hydrogen-bond donors (Lipinski definition) is 1. The van der Waals surface area contributed by atoms with Crippen LogP contribution < -0.4 is 0 Å². The predicted molar refractivity (Wildman–Crippen MR) is 76.3 cm³/mol. The molecule has 1 heterocycles. The fourth-order valence-corrected chi connectivity index (χ4v) is 2.77. The first-order valence-electron chi connectivity index (χ1n) is 7.45. The highest BCUT2D eigenvalue weighted by molar-refractivity contribution is 5.83. The number of amides is 1. The zero-order valence-corrected chi connectivity index (χ0v) is 12.2. The molecular formula is C16H19F2NO3. The van der Waals surface area contributed by atoms with Crippen LogP contribution in [-0.2, 0) is 16.0 Å². The van der Waals surface area contributed by atoms with Gasteiger partial charge in [0.15, 0.2) is 11.6 Å². The van der Waals surface area contributed by atoms with E-state index in [1.54, 1.807) is 0 Å². The molecular weight excluding hydrogens is 292 g/mol. The van der Waals surface area contributed by atoms with E-state index in [9.17, 15) is 18.4 Å². The molecule has 1 aliphatic rings. The number of nitrogens with zero attached hydrogens (tertiary/aromatic N) is 1. The van der Waals surface area contributed by atoms with Gasteiger partial charge in [-0.1, -0.05) is 6.07 Å². The number of carboxylic acids is 1. The summed E-state index contributed by atoms with van der Waals surface area (Å²) in [5.74, 6) is -2.94. The summed E-state index contributed by atoms with van der Waals surface area (Å²) >= 11 is 0. The molecule has 2 rings (SSSR count). The van der Waals surface area contributed by atoms with Crippen molar-refractivity contribution in [3.8, 4) is 0 Å². The minimum atomic E-state index is -0.964. The maximum Gasteiger partial charge on any atom is 0.326 e. The molecule has 0 aliphatic carbocycles. The van der Waals surface area contributed by atoms with Gasteiger partial charge < -0.3 is 10.0 Å². The molecule has 1 N–H and O–H groups in total. The Balaban J connectivity index is 1.86. The standard InChI is InChI=1S/C16H19F2NO3/c17-12-8-7-11(10-13(12)18)4-3-6-15(20)19-9-2-1-5-14(19)16(21)22/h7-8,10,14H,1-6,9H2,(H,21,22)/t14-/m0/s1. The summed E-state index contributed by atoms with van der Waals surface area (Å²) in [6, 6.07) is 2.95. The molecule has 0 saturated carbocycles. The van der Waals surface area contributed by atoms with Crippen molar-refractivity contribution in [1.82, 2.24) is 4.90 Å². The summed E-state index contributed by atoms with van der Waals surface area (Å²) in [6.07, 6.45) is 3.27. The second-order valence-corrected chi connectivity index (χ2v) is 5.54. The lowest BCUT2D eigenvalue weighted by Gasteiger charge is -2.33. The van der Waals surface area contributed by atoms with E-state index in [2.05, 4.69) is 0 Å². The Labute approximate surface area is 127 Å². The number of carbonyl (C=O) groups is 2. The first-order chi connectivity index (χ1) is 10.5. The maximum absolute atomic E-state index is 13.1. The summed E-state index contributed by atoms with van der Waals surface area (Å²) in [5, 5.41) is 9.15. The Morgan fingerprint density at radius 3 is 2.68 bits per heavy atom. The van der Waals surface area contributed by atoms with E-state index in [-0.39, 0.29) is 12.3 Å². The molecule has 22 heavy (non-hydrogen) atoms. The van der Waals surface area contributed by atoms with Crippen molar-refractivity contribution in [3.05, 3.63) is 35.4 Å². The number of rotatable bonds is 5. The average Bonchev–Trinajstić information content (AvgIpc) is 2.50. The number of likely N-dealkylation sites (tertiary alicyclic amines) is 1. The van der Waals surface area contributed by atoms with Crippen molar-refractivity contribution in [1.29, 1.82) is 0 Å². The molecule has 6 heteroatoms. The van der Waals surface area contributed by atoms with Gasteiger partial charge in [-0.15, -0.1) is 0 Å². The minimum absolute atomic E-state index is 0.185. The Hall–Kier alpha value is -1.98. The van der Waals surface area contributed by atoms with Gasteiger partial charge in [-0.2, -0.15) is 0 Å². The maximum atomic E-state index is 13.1. The second kappa shape index (κ2) is 7.33. The summed E-state index contributed by atoms with van der Waals surface area (Å²) in [6.45, 7) is 0.473. The van der Waals surface area contributed by atoms with Gasteiger partial charge in [0.2, 0.25) is 5.91 Å². The molecule has 0 spiro atoms. The molecule has 1 aliphatic heterocycles. The smallest absolute Gasteiger partial charge is 0.326 e. The normalized spacial score (nSPS) is 18.3. The van der Waals surface area contributed by atoms with Gasteiger partial charge >= 0.3 is 5.97 Å². The third kappa shape index (κ3) is 4.02. The van der Waals surface area contributed by atoms with Crippen LogP contribution in [0, 0.1) is 11.6 Å². The molecule has 1 saturated heterocycles. The largest absolute Gasteiger partial charge is 0.480 e. The zero-order valence-electron chi connectivity index (χ0n) is 12.2. The molecule has 0 aromatic heterocycles. The number of benzene rings is 1. The summed E-state index contributed by atoms with van der Waals surface area (Å²) in [7, 11) is 0. The third-order valence-electron chi connectivity index (χ3n) is 3.95. The monoisotopic (exact) mass is 311 g/mol. The predicted octanol–water partition coefficient (Wildman–Crippen LogP) is 2.75. The van der Waals surface area contributed by atoms with Crippen LogP contribution in [0.1, 0.15) is 37.7 Å². The van der Waals surface area contributed by atoms with E-state index < -0.39 is 23.6 Å². The SMILES string of the molecule is O=C(O)[C@@H]1CCCCN1C(=O)CCCc1ccc(F)c(F)c1.